The molecule has 0 atom stereocenters. The predicted molar refractivity (Wildman–Crippen MR) is 115 cm³/mol. The zero-order valence-electron chi connectivity index (χ0n) is 17.1. The molecule has 3 aromatic rings. The molecule has 2 aliphatic rings. The van der Waals surface area contributed by atoms with E-state index in [0.29, 0.717) is 23.2 Å². The number of piperazine rings is 1. The van der Waals surface area contributed by atoms with E-state index >= 15 is 0 Å². The lowest BCUT2D eigenvalue weighted by atomic mass is 9.95. The molecule has 5 rings (SSSR count). The van der Waals surface area contributed by atoms with Crippen molar-refractivity contribution in [2.75, 3.05) is 44.2 Å². The van der Waals surface area contributed by atoms with Crippen LogP contribution >= 0.6 is 0 Å². The Morgan fingerprint density at radius 2 is 1.73 bits per heavy atom. The summed E-state index contributed by atoms with van der Waals surface area (Å²) in [5, 5.41) is 0. The van der Waals surface area contributed by atoms with Crippen molar-refractivity contribution in [1.82, 2.24) is 19.8 Å². The monoisotopic (exact) mass is 405 g/mol. The average Bonchev–Trinajstić information content (AvgIpc) is 3.24. The fourth-order valence-corrected chi connectivity index (χ4v) is 4.44. The first-order valence-electron chi connectivity index (χ1n) is 10.8. The maximum atomic E-state index is 13.0. The first-order valence-corrected chi connectivity index (χ1v) is 10.8. The highest BCUT2D eigenvalue weighted by atomic mass is 16.4. The molecule has 0 spiro atoms. The van der Waals surface area contributed by atoms with Gasteiger partial charge in [0.1, 0.15) is 0 Å². The van der Waals surface area contributed by atoms with Crippen LogP contribution in [0.15, 0.2) is 53.1 Å². The summed E-state index contributed by atoms with van der Waals surface area (Å²) in [4.78, 5) is 28.4. The second kappa shape index (κ2) is 8.44. The lowest BCUT2D eigenvalue weighted by Crippen LogP contribution is -2.51. The smallest absolute Gasteiger partial charge is 0.299 e. The number of hydrogen-bond acceptors (Lipinski definition) is 6. The molecule has 2 fully saturated rings. The number of aromatic nitrogens is 2. The average molecular weight is 406 g/mol. The molecule has 7 nitrogen and oxygen atoms in total. The Hall–Kier alpha value is -2.93. The SMILES string of the molecule is O=C(C1CCN(c2nc3ncccc3o2)CC1)N1CCN(Cc2ccccc2)CC1. The van der Waals surface area contributed by atoms with E-state index in [1.807, 2.05) is 18.2 Å². The van der Waals surface area contributed by atoms with Gasteiger partial charge in [0.25, 0.3) is 6.01 Å². The maximum absolute atomic E-state index is 13.0. The Balaban J connectivity index is 1.12. The van der Waals surface area contributed by atoms with E-state index in [1.54, 1.807) is 6.20 Å². The number of rotatable bonds is 4. The molecule has 7 heteroatoms. The molecule has 2 aromatic heterocycles. The van der Waals surface area contributed by atoms with Gasteiger partial charge >= 0.3 is 0 Å². The Bertz CT molecular complexity index is 956. The van der Waals surface area contributed by atoms with Crippen molar-refractivity contribution in [3.05, 3.63) is 54.2 Å². The summed E-state index contributed by atoms with van der Waals surface area (Å²) in [5.74, 6) is 0.415. The van der Waals surface area contributed by atoms with Gasteiger partial charge in [0.2, 0.25) is 11.6 Å². The minimum absolute atomic E-state index is 0.101. The van der Waals surface area contributed by atoms with Gasteiger partial charge < -0.3 is 14.2 Å². The summed E-state index contributed by atoms with van der Waals surface area (Å²) in [6.07, 6.45) is 3.41. The van der Waals surface area contributed by atoms with Crippen LogP contribution in [-0.4, -0.2) is 64.9 Å². The van der Waals surface area contributed by atoms with Crippen molar-refractivity contribution in [1.29, 1.82) is 0 Å². The number of pyridine rings is 1. The third-order valence-corrected chi connectivity index (χ3v) is 6.20. The fraction of sp³-hybridized carbons (Fsp3) is 0.435. The molecule has 0 saturated carbocycles. The first kappa shape index (κ1) is 19.1. The summed E-state index contributed by atoms with van der Waals surface area (Å²) in [7, 11) is 0. The maximum Gasteiger partial charge on any atom is 0.299 e. The van der Waals surface area contributed by atoms with Gasteiger partial charge in [0.05, 0.1) is 0 Å². The molecule has 0 bridgehead atoms. The van der Waals surface area contributed by atoms with E-state index in [0.717, 1.165) is 58.7 Å². The molecule has 30 heavy (non-hydrogen) atoms. The molecule has 2 saturated heterocycles. The van der Waals surface area contributed by atoms with Crippen molar-refractivity contribution in [2.24, 2.45) is 5.92 Å². The highest BCUT2D eigenvalue weighted by Crippen LogP contribution is 2.26. The van der Waals surface area contributed by atoms with E-state index in [9.17, 15) is 4.79 Å². The number of benzene rings is 1. The third kappa shape index (κ3) is 4.03. The second-order valence-corrected chi connectivity index (χ2v) is 8.17. The minimum atomic E-state index is 0.101. The molecule has 4 heterocycles. The molecule has 1 amide bonds. The lowest BCUT2D eigenvalue weighted by molar-refractivity contribution is -0.138. The lowest BCUT2D eigenvalue weighted by Gasteiger charge is -2.38. The van der Waals surface area contributed by atoms with Crippen molar-refractivity contribution >= 4 is 23.2 Å². The zero-order valence-corrected chi connectivity index (χ0v) is 17.1. The summed E-state index contributed by atoms with van der Waals surface area (Å²) in [5.41, 5.74) is 2.68. The van der Waals surface area contributed by atoms with E-state index in [2.05, 4.69) is 48.9 Å². The normalized spacial score (nSPS) is 18.8. The van der Waals surface area contributed by atoms with Gasteiger partial charge in [-0.05, 0) is 30.5 Å². The number of amides is 1. The number of hydrogen-bond donors (Lipinski definition) is 0. The van der Waals surface area contributed by atoms with Gasteiger partial charge in [-0.15, -0.1) is 0 Å². The van der Waals surface area contributed by atoms with Gasteiger partial charge in [-0.2, -0.15) is 4.98 Å². The molecular formula is C23H27N5O2. The highest BCUT2D eigenvalue weighted by Gasteiger charge is 2.31. The Morgan fingerprint density at radius 3 is 2.47 bits per heavy atom. The van der Waals surface area contributed by atoms with Crippen molar-refractivity contribution in [3.63, 3.8) is 0 Å². The van der Waals surface area contributed by atoms with Gasteiger partial charge in [-0.3, -0.25) is 9.69 Å². The van der Waals surface area contributed by atoms with Crippen LogP contribution in [0.4, 0.5) is 6.01 Å². The second-order valence-electron chi connectivity index (χ2n) is 8.17. The molecule has 156 valence electrons. The van der Waals surface area contributed by atoms with Gasteiger partial charge in [0.15, 0.2) is 5.58 Å². The molecule has 0 N–H and O–H groups in total. The number of piperidine rings is 1. The Kier molecular flexibility index (Phi) is 5.36. The molecule has 0 aliphatic carbocycles. The number of carbonyl (C=O) groups is 1. The van der Waals surface area contributed by atoms with Crippen LogP contribution in [0.5, 0.6) is 0 Å². The van der Waals surface area contributed by atoms with Gasteiger partial charge in [0, 0.05) is 57.9 Å². The number of fused-ring (bicyclic) bond motifs is 1. The third-order valence-electron chi connectivity index (χ3n) is 6.20. The number of oxazole rings is 1. The molecule has 2 aliphatic heterocycles. The van der Waals surface area contributed by atoms with E-state index in [4.69, 9.17) is 4.42 Å². The summed E-state index contributed by atoms with van der Waals surface area (Å²) >= 11 is 0. The van der Waals surface area contributed by atoms with E-state index < -0.39 is 0 Å². The topological polar surface area (TPSA) is 65.7 Å². The zero-order chi connectivity index (χ0) is 20.3. The van der Waals surface area contributed by atoms with Crippen LogP contribution in [0.3, 0.4) is 0 Å². The van der Waals surface area contributed by atoms with Crippen LogP contribution in [0.1, 0.15) is 18.4 Å². The van der Waals surface area contributed by atoms with Crippen LogP contribution in [0.2, 0.25) is 0 Å². The fourth-order valence-electron chi connectivity index (χ4n) is 4.44. The summed E-state index contributed by atoms with van der Waals surface area (Å²) in [6, 6.07) is 14.9. The van der Waals surface area contributed by atoms with Gasteiger partial charge in [-0.1, -0.05) is 30.3 Å². The molecular weight excluding hydrogens is 378 g/mol. The Labute approximate surface area is 176 Å². The van der Waals surface area contributed by atoms with Crippen molar-refractivity contribution < 1.29 is 9.21 Å². The predicted octanol–water partition coefficient (Wildman–Crippen LogP) is 2.78. The minimum Gasteiger partial charge on any atom is -0.422 e. The standard InChI is InChI=1S/C23H27N5O2/c29-22(27-15-13-26(14-16-27)17-18-5-2-1-3-6-18)19-8-11-28(12-9-19)23-25-21-20(30-23)7-4-10-24-21/h1-7,10,19H,8-9,11-17H2. The Morgan fingerprint density at radius 1 is 0.967 bits per heavy atom. The molecule has 0 radical (unpaired) electrons. The van der Waals surface area contributed by atoms with Crippen LogP contribution in [0.25, 0.3) is 11.2 Å². The quantitative estimate of drug-likeness (QED) is 0.665. The number of anilines is 1. The number of nitrogens with zero attached hydrogens (tertiary/aromatic N) is 5. The van der Waals surface area contributed by atoms with Crippen LogP contribution in [0, 0.1) is 5.92 Å². The van der Waals surface area contributed by atoms with Crippen LogP contribution < -0.4 is 4.90 Å². The molecule has 0 unspecified atom stereocenters. The number of carbonyl (C=O) groups excluding carboxylic acids is 1. The van der Waals surface area contributed by atoms with Crippen molar-refractivity contribution in [3.8, 4) is 0 Å². The summed E-state index contributed by atoms with van der Waals surface area (Å²) in [6.45, 7) is 6.06. The van der Waals surface area contributed by atoms with Crippen LogP contribution in [-0.2, 0) is 11.3 Å². The molecule has 1 aromatic carbocycles. The van der Waals surface area contributed by atoms with Crippen molar-refractivity contribution in [2.45, 2.75) is 19.4 Å². The van der Waals surface area contributed by atoms with E-state index in [1.165, 1.54) is 5.56 Å². The largest absolute Gasteiger partial charge is 0.422 e. The van der Waals surface area contributed by atoms with E-state index in [-0.39, 0.29) is 5.92 Å². The highest BCUT2D eigenvalue weighted by molar-refractivity contribution is 5.79. The van der Waals surface area contributed by atoms with Gasteiger partial charge in [-0.25, -0.2) is 4.98 Å². The summed E-state index contributed by atoms with van der Waals surface area (Å²) < 4.78 is 5.83. The first-order chi connectivity index (χ1) is 14.8.